The summed E-state index contributed by atoms with van der Waals surface area (Å²) in [6, 6.07) is 0.695. The lowest BCUT2D eigenvalue weighted by molar-refractivity contribution is 0.167. The van der Waals surface area contributed by atoms with E-state index in [1.54, 1.807) is 0 Å². The molecule has 1 aliphatic carbocycles. The Balaban J connectivity index is 1.92. The normalized spacial score (nSPS) is 24.6. The van der Waals surface area contributed by atoms with E-state index in [4.69, 9.17) is 0 Å². The van der Waals surface area contributed by atoms with Gasteiger partial charge in [0.15, 0.2) is 0 Å². The third-order valence-corrected chi connectivity index (χ3v) is 4.92. The zero-order chi connectivity index (χ0) is 11.6. The molecule has 0 saturated heterocycles. The van der Waals surface area contributed by atoms with Crippen LogP contribution in [0, 0.1) is 12.3 Å². The fraction of sp³-hybridized carbons (Fsp3) is 0.714. The Morgan fingerprint density at radius 2 is 2.19 bits per heavy atom. The average molecular weight is 237 g/mol. The summed E-state index contributed by atoms with van der Waals surface area (Å²) < 4.78 is 0. The molecule has 1 aromatic rings. The van der Waals surface area contributed by atoms with Crippen molar-refractivity contribution in [1.29, 1.82) is 0 Å². The van der Waals surface area contributed by atoms with Gasteiger partial charge in [-0.25, -0.2) is 0 Å². The van der Waals surface area contributed by atoms with Gasteiger partial charge in [-0.15, -0.1) is 0 Å². The molecule has 0 aliphatic heterocycles. The molecule has 0 amide bonds. The maximum absolute atomic E-state index is 3.76. The van der Waals surface area contributed by atoms with Crippen LogP contribution in [0.3, 0.4) is 0 Å². The lowest BCUT2D eigenvalue weighted by Gasteiger charge is -2.39. The first-order chi connectivity index (χ1) is 7.59. The Bertz CT molecular complexity index is 340. The van der Waals surface area contributed by atoms with Crippen molar-refractivity contribution < 1.29 is 0 Å². The van der Waals surface area contributed by atoms with E-state index in [-0.39, 0.29) is 0 Å². The van der Waals surface area contributed by atoms with Crippen molar-refractivity contribution in [2.45, 2.75) is 59.0 Å². The van der Waals surface area contributed by atoms with E-state index in [2.05, 4.69) is 36.8 Å². The Hall–Kier alpha value is -0.340. The van der Waals surface area contributed by atoms with Crippen LogP contribution in [0.5, 0.6) is 0 Å². The van der Waals surface area contributed by atoms with Crippen LogP contribution < -0.4 is 5.32 Å². The quantitative estimate of drug-likeness (QED) is 0.834. The molecule has 1 N–H and O–H groups in total. The van der Waals surface area contributed by atoms with Crippen molar-refractivity contribution in [1.82, 2.24) is 5.32 Å². The first kappa shape index (κ1) is 12.1. The molecule has 1 aliphatic rings. The predicted molar refractivity (Wildman–Crippen MR) is 71.9 cm³/mol. The van der Waals surface area contributed by atoms with Crippen LogP contribution in [0.4, 0.5) is 0 Å². The molecule has 1 fully saturated rings. The van der Waals surface area contributed by atoms with Crippen molar-refractivity contribution in [2.75, 3.05) is 0 Å². The number of thiophene rings is 1. The van der Waals surface area contributed by atoms with Crippen LogP contribution in [-0.2, 0) is 6.54 Å². The van der Waals surface area contributed by atoms with Crippen LogP contribution >= 0.6 is 11.3 Å². The highest BCUT2D eigenvalue weighted by molar-refractivity contribution is 7.08. The maximum atomic E-state index is 3.76. The number of rotatable bonds is 3. The third-order valence-electron chi connectivity index (χ3n) is 4.01. The molecule has 1 aromatic heterocycles. The second-order valence-corrected chi connectivity index (χ2v) is 6.49. The van der Waals surface area contributed by atoms with Gasteiger partial charge in [-0.3, -0.25) is 0 Å². The molecule has 0 spiro atoms. The molecule has 16 heavy (non-hydrogen) atoms. The monoisotopic (exact) mass is 237 g/mol. The van der Waals surface area contributed by atoms with Crippen LogP contribution in [0.1, 0.15) is 50.7 Å². The first-order valence-electron chi connectivity index (χ1n) is 6.35. The molecule has 1 nitrogen and oxygen atoms in total. The van der Waals surface area contributed by atoms with Crippen LogP contribution in [0.15, 0.2) is 10.8 Å². The molecule has 1 atom stereocenters. The molecule has 0 radical (unpaired) electrons. The van der Waals surface area contributed by atoms with Gasteiger partial charge in [0.1, 0.15) is 0 Å². The van der Waals surface area contributed by atoms with Crippen LogP contribution in [0.25, 0.3) is 0 Å². The molecule has 1 heterocycles. The summed E-state index contributed by atoms with van der Waals surface area (Å²) >= 11 is 1.81. The van der Waals surface area contributed by atoms with E-state index < -0.39 is 0 Å². The van der Waals surface area contributed by atoms with Gasteiger partial charge in [-0.1, -0.05) is 26.7 Å². The Morgan fingerprint density at radius 1 is 1.38 bits per heavy atom. The molecule has 2 rings (SSSR count). The minimum atomic E-state index is 0.474. The largest absolute Gasteiger partial charge is 0.309 e. The zero-order valence-electron chi connectivity index (χ0n) is 10.7. The van der Waals surface area contributed by atoms with Crippen molar-refractivity contribution in [3.05, 3.63) is 21.9 Å². The van der Waals surface area contributed by atoms with Gasteiger partial charge in [0, 0.05) is 12.6 Å². The van der Waals surface area contributed by atoms with Gasteiger partial charge in [-0.05, 0) is 47.1 Å². The summed E-state index contributed by atoms with van der Waals surface area (Å²) in [5.41, 5.74) is 3.39. The third kappa shape index (κ3) is 2.67. The lowest BCUT2D eigenvalue weighted by Crippen LogP contribution is -2.43. The van der Waals surface area contributed by atoms with Crippen LogP contribution in [-0.4, -0.2) is 6.04 Å². The summed E-state index contributed by atoms with van der Waals surface area (Å²) in [6.07, 6.45) is 5.51. The Morgan fingerprint density at radius 3 is 2.81 bits per heavy atom. The zero-order valence-corrected chi connectivity index (χ0v) is 11.5. The lowest BCUT2D eigenvalue weighted by atomic mass is 9.73. The van der Waals surface area contributed by atoms with Crippen molar-refractivity contribution in [2.24, 2.45) is 5.41 Å². The van der Waals surface area contributed by atoms with E-state index in [1.165, 1.54) is 36.8 Å². The van der Waals surface area contributed by atoms with Crippen molar-refractivity contribution >= 4 is 11.3 Å². The van der Waals surface area contributed by atoms with Gasteiger partial charge in [0.2, 0.25) is 0 Å². The summed E-state index contributed by atoms with van der Waals surface area (Å²) in [6.45, 7) is 8.07. The number of hydrogen-bond acceptors (Lipinski definition) is 2. The second-order valence-electron chi connectivity index (χ2n) is 5.75. The molecule has 2 heteroatoms. The summed E-state index contributed by atoms with van der Waals surface area (Å²) in [7, 11) is 0. The second kappa shape index (κ2) is 4.89. The molecule has 0 aromatic carbocycles. The predicted octanol–water partition coefficient (Wildman–Crippen LogP) is 4.11. The minimum Gasteiger partial charge on any atom is -0.309 e. The molecular weight excluding hydrogens is 214 g/mol. The van der Waals surface area contributed by atoms with Crippen molar-refractivity contribution in [3.63, 3.8) is 0 Å². The number of nitrogens with one attached hydrogen (secondary N) is 1. The number of hydrogen-bond donors (Lipinski definition) is 1. The van der Waals surface area contributed by atoms with E-state index >= 15 is 0 Å². The summed E-state index contributed by atoms with van der Waals surface area (Å²) in [5.74, 6) is 0. The fourth-order valence-electron chi connectivity index (χ4n) is 2.67. The first-order valence-corrected chi connectivity index (χ1v) is 7.29. The minimum absolute atomic E-state index is 0.474. The van der Waals surface area contributed by atoms with Crippen molar-refractivity contribution in [3.8, 4) is 0 Å². The summed E-state index contributed by atoms with van der Waals surface area (Å²) in [4.78, 5) is 0. The SMILES string of the molecule is Cc1cscc1CNC1CCCCC1(C)C. The fourth-order valence-corrected chi connectivity index (χ4v) is 3.53. The van der Waals surface area contributed by atoms with Crippen LogP contribution in [0.2, 0.25) is 0 Å². The van der Waals surface area contributed by atoms with Gasteiger partial charge < -0.3 is 5.32 Å². The van der Waals surface area contributed by atoms with Gasteiger partial charge in [0.05, 0.1) is 0 Å². The summed E-state index contributed by atoms with van der Waals surface area (Å²) in [5, 5.41) is 8.28. The van der Waals surface area contributed by atoms with E-state index in [1.807, 2.05) is 11.3 Å². The average Bonchev–Trinajstić information content (AvgIpc) is 2.62. The highest BCUT2D eigenvalue weighted by Crippen LogP contribution is 2.35. The van der Waals surface area contributed by atoms with Gasteiger partial charge >= 0.3 is 0 Å². The standard InChI is InChI=1S/C14H23NS/c1-11-9-16-10-12(11)8-15-13-6-4-5-7-14(13,2)3/h9-10,13,15H,4-8H2,1-3H3. The Kier molecular flexibility index (Phi) is 3.70. The highest BCUT2D eigenvalue weighted by Gasteiger charge is 2.31. The molecule has 90 valence electrons. The smallest absolute Gasteiger partial charge is 0.0219 e. The van der Waals surface area contributed by atoms with E-state index in [9.17, 15) is 0 Å². The Labute approximate surface area is 103 Å². The highest BCUT2D eigenvalue weighted by atomic mass is 32.1. The van der Waals surface area contributed by atoms with E-state index in [0.717, 1.165) is 6.54 Å². The molecular formula is C14H23NS. The maximum Gasteiger partial charge on any atom is 0.0219 e. The van der Waals surface area contributed by atoms with E-state index in [0.29, 0.717) is 11.5 Å². The topological polar surface area (TPSA) is 12.0 Å². The van der Waals surface area contributed by atoms with Gasteiger partial charge in [0.25, 0.3) is 0 Å². The number of aryl methyl sites for hydroxylation is 1. The molecule has 0 bridgehead atoms. The molecule has 1 saturated carbocycles. The molecule has 1 unspecified atom stereocenters. The van der Waals surface area contributed by atoms with Gasteiger partial charge in [-0.2, -0.15) is 11.3 Å².